The number of aliphatic hydroxyl groups excluding tert-OH is 1. The van der Waals surface area contributed by atoms with Gasteiger partial charge in [-0.2, -0.15) is 18.4 Å². The predicted molar refractivity (Wildman–Crippen MR) is 76.2 cm³/mol. The first-order chi connectivity index (χ1) is 11.2. The van der Waals surface area contributed by atoms with Gasteiger partial charge >= 0.3 is 6.18 Å². The van der Waals surface area contributed by atoms with Crippen molar-refractivity contribution in [2.75, 3.05) is 5.32 Å². The minimum atomic E-state index is -4.49. The molecule has 0 bridgehead atoms. The van der Waals surface area contributed by atoms with Gasteiger partial charge in [0.25, 0.3) is 5.91 Å². The Hall–Kier alpha value is -3.35. The molecule has 2 rings (SSSR count). The Balaban J connectivity index is 2.25. The van der Waals surface area contributed by atoms with Gasteiger partial charge in [-0.15, -0.1) is 5.10 Å². The van der Waals surface area contributed by atoms with E-state index in [0.717, 1.165) is 35.1 Å². The molecule has 7 nitrogen and oxygen atoms in total. The summed E-state index contributed by atoms with van der Waals surface area (Å²) < 4.78 is 38.6. The lowest BCUT2D eigenvalue weighted by Crippen LogP contribution is -2.16. The lowest BCUT2D eigenvalue weighted by Gasteiger charge is -2.09. The number of hydrogen-bond acceptors (Lipinski definition) is 5. The Kier molecular flexibility index (Phi) is 4.54. The predicted octanol–water partition coefficient (Wildman–Crippen LogP) is 2.27. The number of benzene rings is 1. The van der Waals surface area contributed by atoms with Gasteiger partial charge in [-0.3, -0.25) is 4.79 Å². The first-order valence-electron chi connectivity index (χ1n) is 6.41. The van der Waals surface area contributed by atoms with Gasteiger partial charge in [0.05, 0.1) is 11.8 Å². The third-order valence-corrected chi connectivity index (χ3v) is 3.00. The molecule has 0 fully saturated rings. The van der Waals surface area contributed by atoms with Crippen molar-refractivity contribution < 1.29 is 23.1 Å². The number of rotatable bonds is 3. The highest BCUT2D eigenvalue weighted by Crippen LogP contribution is 2.29. The van der Waals surface area contributed by atoms with Crippen LogP contribution in [0.3, 0.4) is 0 Å². The number of aryl methyl sites for hydroxylation is 1. The summed E-state index contributed by atoms with van der Waals surface area (Å²) in [5.74, 6) is -1.62. The zero-order valence-corrected chi connectivity index (χ0v) is 12.2. The fraction of sp³-hybridized carbons (Fsp3) is 0.143. The van der Waals surface area contributed by atoms with Crippen molar-refractivity contribution in [3.63, 3.8) is 0 Å². The third kappa shape index (κ3) is 3.52. The molecule has 2 N–H and O–H groups in total. The van der Waals surface area contributed by atoms with E-state index in [9.17, 15) is 23.1 Å². The standard InChI is InChI=1S/C14H10F3N5O2/c1-22-11(7-19-21-22)12(23)10(6-18)13(24)20-9-4-2-8(3-5-9)14(15,16)17/h2-5,7,23H,1H3,(H,20,24)/b12-10-. The van der Waals surface area contributed by atoms with E-state index in [0.29, 0.717) is 0 Å². The van der Waals surface area contributed by atoms with Crippen molar-refractivity contribution in [1.29, 1.82) is 5.26 Å². The summed E-state index contributed by atoms with van der Waals surface area (Å²) >= 11 is 0. The molecular formula is C14H10F3N5O2. The van der Waals surface area contributed by atoms with Gasteiger partial charge in [-0.25, -0.2) is 4.68 Å². The van der Waals surface area contributed by atoms with E-state index in [4.69, 9.17) is 5.26 Å². The second kappa shape index (κ2) is 6.41. The van der Waals surface area contributed by atoms with E-state index >= 15 is 0 Å². The minimum Gasteiger partial charge on any atom is -0.504 e. The third-order valence-electron chi connectivity index (χ3n) is 3.00. The average Bonchev–Trinajstić information content (AvgIpc) is 2.93. The van der Waals surface area contributed by atoms with Gasteiger partial charge in [-0.05, 0) is 24.3 Å². The van der Waals surface area contributed by atoms with Crippen LogP contribution in [0.2, 0.25) is 0 Å². The average molecular weight is 337 g/mol. The summed E-state index contributed by atoms with van der Waals surface area (Å²) in [6.45, 7) is 0. The fourth-order valence-electron chi connectivity index (χ4n) is 1.78. The van der Waals surface area contributed by atoms with Crippen molar-refractivity contribution in [1.82, 2.24) is 15.0 Å². The number of nitriles is 1. The quantitative estimate of drug-likeness (QED) is 0.508. The van der Waals surface area contributed by atoms with E-state index in [2.05, 4.69) is 15.6 Å². The van der Waals surface area contributed by atoms with Crippen LogP contribution in [-0.2, 0) is 18.0 Å². The molecular weight excluding hydrogens is 327 g/mol. The maximum Gasteiger partial charge on any atom is 0.416 e. The smallest absolute Gasteiger partial charge is 0.416 e. The lowest BCUT2D eigenvalue weighted by atomic mass is 10.1. The molecule has 0 saturated carbocycles. The van der Waals surface area contributed by atoms with Gasteiger partial charge in [-0.1, -0.05) is 5.21 Å². The molecule has 1 aromatic heterocycles. The number of halogens is 3. The van der Waals surface area contributed by atoms with Crippen molar-refractivity contribution in [3.05, 3.63) is 47.3 Å². The Morgan fingerprint density at radius 1 is 1.33 bits per heavy atom. The summed E-state index contributed by atoms with van der Waals surface area (Å²) in [6, 6.07) is 5.20. The summed E-state index contributed by atoms with van der Waals surface area (Å²) in [5.41, 5.74) is -1.42. The van der Waals surface area contributed by atoms with Crippen LogP contribution >= 0.6 is 0 Å². The number of alkyl halides is 3. The van der Waals surface area contributed by atoms with Gasteiger partial charge in [0.1, 0.15) is 11.8 Å². The van der Waals surface area contributed by atoms with Crippen LogP contribution in [0.15, 0.2) is 36.0 Å². The Labute approximate surface area is 133 Å². The first kappa shape index (κ1) is 17.0. The maximum atomic E-state index is 12.5. The first-order valence-corrected chi connectivity index (χ1v) is 6.41. The molecule has 10 heteroatoms. The van der Waals surface area contributed by atoms with Crippen LogP contribution in [0, 0.1) is 11.3 Å². The largest absolute Gasteiger partial charge is 0.504 e. The van der Waals surface area contributed by atoms with E-state index < -0.39 is 29.0 Å². The number of hydrogen-bond donors (Lipinski definition) is 2. The summed E-state index contributed by atoms with van der Waals surface area (Å²) in [6.07, 6.45) is -3.34. The van der Waals surface area contributed by atoms with Gasteiger partial charge < -0.3 is 10.4 Å². The number of nitrogens with one attached hydrogen (secondary N) is 1. The molecule has 0 atom stereocenters. The van der Waals surface area contributed by atoms with E-state index in [1.54, 1.807) is 6.07 Å². The van der Waals surface area contributed by atoms with Crippen molar-refractivity contribution in [3.8, 4) is 6.07 Å². The van der Waals surface area contributed by atoms with Crippen LogP contribution < -0.4 is 5.32 Å². The molecule has 24 heavy (non-hydrogen) atoms. The SMILES string of the molecule is Cn1nncc1/C(O)=C(\C#N)C(=O)Nc1ccc(C(F)(F)F)cc1. The van der Waals surface area contributed by atoms with Crippen LogP contribution in [0.1, 0.15) is 11.3 Å². The van der Waals surface area contributed by atoms with E-state index in [1.807, 2.05) is 0 Å². The molecule has 0 aliphatic heterocycles. The molecule has 0 aliphatic rings. The maximum absolute atomic E-state index is 12.5. The summed E-state index contributed by atoms with van der Waals surface area (Å²) in [7, 11) is 1.45. The minimum absolute atomic E-state index is 0.0362. The zero-order chi connectivity index (χ0) is 17.9. The number of carbonyl (C=O) groups excluding carboxylic acids is 1. The molecule has 0 unspecified atom stereocenters. The van der Waals surface area contributed by atoms with Crippen LogP contribution in [0.5, 0.6) is 0 Å². The monoisotopic (exact) mass is 337 g/mol. The van der Waals surface area contributed by atoms with E-state index in [-0.39, 0.29) is 11.4 Å². The normalized spacial score (nSPS) is 12.3. The van der Waals surface area contributed by atoms with Crippen molar-refractivity contribution >= 4 is 17.4 Å². The molecule has 1 aromatic carbocycles. The highest BCUT2D eigenvalue weighted by molar-refractivity contribution is 6.10. The highest BCUT2D eigenvalue weighted by atomic mass is 19.4. The summed E-state index contributed by atoms with van der Waals surface area (Å²) in [5, 5.41) is 28.4. The van der Waals surface area contributed by atoms with Crippen LogP contribution in [-0.4, -0.2) is 26.0 Å². The molecule has 1 amide bonds. The van der Waals surface area contributed by atoms with Crippen molar-refractivity contribution in [2.45, 2.75) is 6.18 Å². The Morgan fingerprint density at radius 2 is 1.96 bits per heavy atom. The molecule has 124 valence electrons. The number of carbonyl (C=O) groups is 1. The van der Waals surface area contributed by atoms with Gasteiger partial charge in [0.15, 0.2) is 11.3 Å². The number of aliphatic hydroxyl groups is 1. The van der Waals surface area contributed by atoms with Gasteiger partial charge in [0, 0.05) is 12.7 Å². The number of amides is 1. The van der Waals surface area contributed by atoms with E-state index in [1.165, 1.54) is 7.05 Å². The molecule has 0 aliphatic carbocycles. The fourth-order valence-corrected chi connectivity index (χ4v) is 1.78. The van der Waals surface area contributed by atoms with Crippen LogP contribution in [0.4, 0.5) is 18.9 Å². The van der Waals surface area contributed by atoms with Crippen molar-refractivity contribution in [2.24, 2.45) is 7.05 Å². The highest BCUT2D eigenvalue weighted by Gasteiger charge is 2.30. The summed E-state index contributed by atoms with van der Waals surface area (Å²) in [4.78, 5) is 12.0. The molecule has 0 radical (unpaired) electrons. The number of aromatic nitrogens is 3. The topological polar surface area (TPSA) is 104 Å². The second-order valence-corrected chi connectivity index (χ2v) is 4.61. The van der Waals surface area contributed by atoms with Crippen LogP contribution in [0.25, 0.3) is 5.76 Å². The zero-order valence-electron chi connectivity index (χ0n) is 12.2. The molecule has 0 spiro atoms. The number of anilines is 1. The molecule has 1 heterocycles. The van der Waals surface area contributed by atoms with Gasteiger partial charge in [0.2, 0.25) is 0 Å². The Morgan fingerprint density at radius 3 is 2.42 bits per heavy atom. The Bertz CT molecular complexity index is 831. The molecule has 2 aromatic rings. The lowest BCUT2D eigenvalue weighted by molar-refractivity contribution is -0.137. The number of nitrogens with zero attached hydrogens (tertiary/aromatic N) is 4. The second-order valence-electron chi connectivity index (χ2n) is 4.61. The molecule has 0 saturated heterocycles.